The second-order valence-corrected chi connectivity index (χ2v) is 7.66. The molecule has 2 atom stereocenters. The Morgan fingerprint density at radius 3 is 2.31 bits per heavy atom. The first kappa shape index (κ1) is 22.2. The van der Waals surface area contributed by atoms with Crippen LogP contribution in [0.5, 0.6) is 17.2 Å². The summed E-state index contributed by atoms with van der Waals surface area (Å²) in [5, 5.41) is 11.2. The largest absolute Gasteiger partial charge is 0.609 e. The molecule has 2 aromatic rings. The summed E-state index contributed by atoms with van der Waals surface area (Å²) in [6, 6.07) is 9.68. The first-order valence-electron chi connectivity index (χ1n) is 9.67. The molecule has 2 aliphatic heterocycles. The number of ether oxygens (including phenoxy) is 3. The Morgan fingerprint density at radius 1 is 1.06 bits per heavy atom. The minimum atomic E-state index is -1.35. The van der Waals surface area contributed by atoms with E-state index in [0.717, 1.165) is 16.0 Å². The second-order valence-electron chi connectivity index (χ2n) is 7.22. The summed E-state index contributed by atoms with van der Waals surface area (Å²) < 4.78 is 20.8. The standard InChI is InChI=1S/C22H21IN2O7/c1-29-14-6-4-12(5-7-14)13-8-17-21(27)25(22(28)32-23)16-10-19(31-3)18(30-2)9-15(16)20(26)24(17)11-13/h4-7,9-11,17,21,27H,8H2,1-3H3/q-1/t17-,21?/m0/s1. The van der Waals surface area contributed by atoms with E-state index in [4.69, 9.17) is 17.3 Å². The number of aliphatic hydroxyl groups is 1. The fourth-order valence-electron chi connectivity index (χ4n) is 4.03. The quantitative estimate of drug-likeness (QED) is 0.521. The van der Waals surface area contributed by atoms with Gasteiger partial charge in [0.05, 0.1) is 38.6 Å². The van der Waals surface area contributed by atoms with Gasteiger partial charge in [-0.3, -0.25) is 9.69 Å². The highest BCUT2D eigenvalue weighted by atomic mass is 127. The Labute approximate surface area is 198 Å². The number of benzene rings is 2. The topological polar surface area (TPSA) is 97.8 Å². The summed E-state index contributed by atoms with van der Waals surface area (Å²) in [5.74, 6) is 0.976. The Balaban J connectivity index is 1.83. The van der Waals surface area contributed by atoms with Crippen molar-refractivity contribution in [3.63, 3.8) is 0 Å². The molecule has 1 unspecified atom stereocenters. The van der Waals surface area contributed by atoms with Crippen molar-refractivity contribution in [2.24, 2.45) is 0 Å². The molecule has 0 aliphatic carbocycles. The van der Waals surface area contributed by atoms with Crippen LogP contribution in [0.2, 0.25) is 0 Å². The Kier molecular flexibility index (Phi) is 6.15. The van der Waals surface area contributed by atoms with Crippen molar-refractivity contribution in [3.8, 4) is 17.2 Å². The fraction of sp³-hybridized carbons (Fsp3) is 0.273. The van der Waals surface area contributed by atoms with E-state index >= 15 is 0 Å². The molecule has 9 nitrogen and oxygen atoms in total. The summed E-state index contributed by atoms with van der Waals surface area (Å²) >= 11 is 1.45. The number of anilines is 1. The number of hydrogen-bond acceptors (Lipinski definition) is 7. The van der Waals surface area contributed by atoms with E-state index < -0.39 is 18.4 Å². The summed E-state index contributed by atoms with van der Waals surface area (Å²) in [7, 11) is 4.49. The van der Waals surface area contributed by atoms with E-state index in [1.807, 2.05) is 24.3 Å². The van der Waals surface area contributed by atoms with Gasteiger partial charge in [0.2, 0.25) is 0 Å². The highest BCUT2D eigenvalue weighted by molar-refractivity contribution is 6.07. The van der Waals surface area contributed by atoms with E-state index in [0.29, 0.717) is 23.7 Å². The minimum Gasteiger partial charge on any atom is -0.609 e. The third-order valence-corrected chi connectivity index (χ3v) is 6.02. The molecule has 2 heterocycles. The maximum absolute atomic E-state index is 13.5. The van der Waals surface area contributed by atoms with E-state index in [9.17, 15) is 14.7 Å². The zero-order valence-corrected chi connectivity index (χ0v) is 19.7. The van der Waals surface area contributed by atoms with E-state index in [1.54, 1.807) is 13.3 Å². The van der Waals surface area contributed by atoms with E-state index in [1.165, 1.54) is 54.3 Å². The van der Waals surface area contributed by atoms with Crippen LogP contribution in [-0.2, 0) is 3.07 Å². The maximum atomic E-state index is 13.5. The van der Waals surface area contributed by atoms with Crippen molar-refractivity contribution in [1.29, 1.82) is 0 Å². The summed E-state index contributed by atoms with van der Waals surface area (Å²) in [6.07, 6.45) is -0.115. The van der Waals surface area contributed by atoms with Crippen molar-refractivity contribution >= 4 is 23.3 Å². The molecule has 2 aliphatic rings. The molecule has 0 spiro atoms. The van der Waals surface area contributed by atoms with Gasteiger partial charge in [0.25, 0.3) is 5.91 Å². The predicted octanol–water partition coefficient (Wildman–Crippen LogP) is -0.289. The molecule has 1 N–H and O–H groups in total. The van der Waals surface area contributed by atoms with Crippen LogP contribution in [0.25, 0.3) is 5.57 Å². The van der Waals surface area contributed by atoms with Crippen LogP contribution < -0.4 is 42.1 Å². The molecule has 10 heteroatoms. The van der Waals surface area contributed by atoms with E-state index in [2.05, 4.69) is 0 Å². The molecule has 32 heavy (non-hydrogen) atoms. The normalized spacial score (nSPS) is 19.5. The first-order chi connectivity index (χ1) is 15.4. The summed E-state index contributed by atoms with van der Waals surface area (Å²) in [5.41, 5.74) is 2.08. The molecule has 0 saturated carbocycles. The molecule has 0 fully saturated rings. The average molecular weight is 552 g/mol. The highest BCUT2D eigenvalue weighted by Crippen LogP contribution is 2.43. The van der Waals surface area contributed by atoms with Crippen molar-refractivity contribution in [1.82, 2.24) is 4.90 Å². The Morgan fingerprint density at radius 2 is 1.72 bits per heavy atom. The molecular formula is C22H21IN2O7-. The number of carbonyl (C=O) groups excluding carboxylic acids is 2. The number of hydrogen-bond donors (Lipinski definition) is 1. The SMILES string of the molecule is COc1ccc(C2=CN3C(=O)c4cc(OC)c(OC)cc4N(C(=O)O[I-])C(O)[C@@H]3C2)cc1. The monoisotopic (exact) mass is 552 g/mol. The highest BCUT2D eigenvalue weighted by Gasteiger charge is 2.45. The summed E-state index contributed by atoms with van der Waals surface area (Å²) in [6.45, 7) is 0. The number of fused-ring (bicyclic) bond motifs is 2. The first-order valence-corrected chi connectivity index (χ1v) is 10.5. The molecule has 4 rings (SSSR count). The van der Waals surface area contributed by atoms with Gasteiger partial charge in [-0.05, 0) is 35.8 Å². The molecule has 0 bridgehead atoms. The number of rotatable bonds is 4. The molecule has 2 amide bonds. The van der Waals surface area contributed by atoms with Gasteiger partial charge in [0.1, 0.15) is 5.75 Å². The van der Waals surface area contributed by atoms with Gasteiger partial charge in [0, 0.05) is 12.3 Å². The predicted molar refractivity (Wildman–Crippen MR) is 110 cm³/mol. The van der Waals surface area contributed by atoms with Crippen LogP contribution in [0.4, 0.5) is 10.5 Å². The fourth-order valence-corrected chi connectivity index (χ4v) is 4.24. The lowest BCUT2D eigenvalue weighted by molar-refractivity contribution is -0.653. The molecular weight excluding hydrogens is 531 g/mol. The number of carbonyl (C=O) groups is 2. The van der Waals surface area contributed by atoms with Crippen molar-refractivity contribution in [3.05, 3.63) is 53.7 Å². The zero-order valence-electron chi connectivity index (χ0n) is 17.6. The average Bonchev–Trinajstić information content (AvgIpc) is 3.25. The van der Waals surface area contributed by atoms with Crippen LogP contribution in [0.3, 0.4) is 0 Å². The van der Waals surface area contributed by atoms with Crippen LogP contribution >= 0.6 is 0 Å². The molecule has 0 saturated heterocycles. The number of aliphatic hydroxyl groups excluding tert-OH is 1. The lowest BCUT2D eigenvalue weighted by atomic mass is 10.0. The smallest absolute Gasteiger partial charge is 0.390 e. The third-order valence-electron chi connectivity index (χ3n) is 5.64. The Hall–Kier alpha value is -2.99. The summed E-state index contributed by atoms with van der Waals surface area (Å²) in [4.78, 5) is 28.7. The van der Waals surface area contributed by atoms with Crippen molar-refractivity contribution in [2.75, 3.05) is 26.2 Å². The third kappa shape index (κ3) is 3.62. The van der Waals surface area contributed by atoms with Gasteiger partial charge in [-0.1, -0.05) is 12.1 Å². The number of amides is 2. The minimum absolute atomic E-state index is 0.176. The van der Waals surface area contributed by atoms with Gasteiger partial charge in [-0.2, -0.15) is 0 Å². The van der Waals surface area contributed by atoms with Crippen LogP contribution in [0.15, 0.2) is 42.6 Å². The molecule has 0 aromatic heterocycles. The molecule has 169 valence electrons. The van der Waals surface area contributed by atoms with Gasteiger partial charge >= 0.3 is 6.09 Å². The molecule has 1 radical (unpaired) electrons. The lowest BCUT2D eigenvalue weighted by Crippen LogP contribution is -3.34. The van der Waals surface area contributed by atoms with E-state index in [-0.39, 0.29) is 17.2 Å². The Bertz CT molecular complexity index is 1090. The van der Waals surface area contributed by atoms with Crippen LogP contribution in [0, 0.1) is 0 Å². The molecule has 2 aromatic carbocycles. The van der Waals surface area contributed by atoms with Gasteiger partial charge in [-0.25, -0.2) is 4.79 Å². The lowest BCUT2D eigenvalue weighted by Gasteiger charge is -2.32. The number of halogens is 1. The number of nitrogens with zero attached hydrogens (tertiary/aromatic N) is 2. The number of methoxy groups -OCH3 is 3. The van der Waals surface area contributed by atoms with Crippen molar-refractivity contribution < 1.29 is 55.0 Å². The van der Waals surface area contributed by atoms with Gasteiger partial charge in [0.15, 0.2) is 17.7 Å². The van der Waals surface area contributed by atoms with Crippen LogP contribution in [-0.4, -0.2) is 55.6 Å². The zero-order chi connectivity index (χ0) is 23.0. The van der Waals surface area contributed by atoms with Gasteiger partial charge in [-0.15, -0.1) is 0 Å². The van der Waals surface area contributed by atoms with Gasteiger partial charge < -0.3 is 50.3 Å². The van der Waals surface area contributed by atoms with Crippen LogP contribution in [0.1, 0.15) is 22.3 Å². The second kappa shape index (κ2) is 8.87. The maximum Gasteiger partial charge on any atom is 0.390 e. The van der Waals surface area contributed by atoms with Crippen molar-refractivity contribution in [2.45, 2.75) is 18.7 Å².